The highest BCUT2D eigenvalue weighted by Gasteiger charge is 2.40. The van der Waals surface area contributed by atoms with E-state index in [4.69, 9.17) is 0 Å². The zero-order valence-corrected chi connectivity index (χ0v) is 80.7. The molecule has 9 aromatic heterocycles. The number of halogens is 19. The molecule has 772 valence electrons. The first-order valence-electron chi connectivity index (χ1n) is 46.8. The number of benzene rings is 6. The molecule has 25 nitrogen and oxygen atoms in total. The highest BCUT2D eigenvalue weighted by atomic mass is 19.4. The SMILES string of the molecule is Cc1ccc(N2CCN(c3nc(-c4cccc(C(F)(F)F)c4)cn3C)CC2)nc1.Cc1cccc(N2CCN(c3nc(-c4cccc(C(F)(F)F)c4)cn3C)CC2)n1.Cn1cc(-c2cccc(C(F)(F)F)c2)nc1N1CCN(c2ccccc2F)CC1.Cn1cc(-c2cccc(C(F)(F)F)c2)nc1N1CCN(c2cncnc2)CC1.Cn1cc(-c2cccc(C(F)(F)F)c2)nc1N1CCN(c2ncccc2C(F)(F)F)CC1. The molecule has 5 aliphatic heterocycles. The molecule has 5 saturated heterocycles. The van der Waals surface area contributed by atoms with Crippen LogP contribution in [0.1, 0.15) is 44.6 Å². The molecule has 0 amide bonds. The maximum absolute atomic E-state index is 14.0. The molecule has 0 bridgehead atoms. The van der Waals surface area contributed by atoms with Gasteiger partial charge in [-0.3, -0.25) is 0 Å². The Labute approximate surface area is 833 Å². The summed E-state index contributed by atoms with van der Waals surface area (Å²) in [5.74, 6) is 5.06. The lowest BCUT2D eigenvalue weighted by Gasteiger charge is -2.36. The summed E-state index contributed by atoms with van der Waals surface area (Å²) in [4.78, 5) is 64.6. The quantitative estimate of drug-likeness (QED) is 0.0881. The van der Waals surface area contributed by atoms with Gasteiger partial charge in [0, 0.05) is 243 Å². The van der Waals surface area contributed by atoms with Crippen molar-refractivity contribution in [3.05, 3.63) is 301 Å². The lowest BCUT2D eigenvalue weighted by molar-refractivity contribution is -0.138. The normalized spacial score (nSPS) is 15.1. The largest absolute Gasteiger partial charge is 0.419 e. The Morgan fingerprint density at radius 3 is 0.878 bits per heavy atom. The predicted octanol–water partition coefficient (Wildman–Crippen LogP) is 20.9. The predicted molar refractivity (Wildman–Crippen MR) is 526 cm³/mol. The third kappa shape index (κ3) is 25.6. The summed E-state index contributed by atoms with van der Waals surface area (Å²) in [6, 6.07) is 45.0. The zero-order chi connectivity index (χ0) is 105. The molecule has 6 aromatic carbocycles. The summed E-state index contributed by atoms with van der Waals surface area (Å²) in [6.45, 7) is 17.3. The lowest BCUT2D eigenvalue weighted by atomic mass is 10.1. The second-order valence-corrected chi connectivity index (χ2v) is 35.7. The molecular formula is C103H102F19N25. The fraction of sp³-hybridized carbons (Fsp3) is 0.320. The van der Waals surface area contributed by atoms with Gasteiger partial charge in [0.2, 0.25) is 29.7 Å². The van der Waals surface area contributed by atoms with Crippen molar-refractivity contribution in [2.45, 2.75) is 50.9 Å². The Kier molecular flexibility index (Phi) is 31.2. The fourth-order valence-corrected chi connectivity index (χ4v) is 17.8. The van der Waals surface area contributed by atoms with E-state index in [0.29, 0.717) is 126 Å². The van der Waals surface area contributed by atoms with E-state index in [1.807, 2.05) is 107 Å². The summed E-state index contributed by atoms with van der Waals surface area (Å²) >= 11 is 0. The smallest absolute Gasteiger partial charge is 0.366 e. The molecule has 0 radical (unpaired) electrons. The van der Waals surface area contributed by atoms with Crippen LogP contribution in [0.15, 0.2) is 250 Å². The topological polar surface area (TPSA) is 186 Å². The van der Waals surface area contributed by atoms with Crippen molar-refractivity contribution in [3.63, 3.8) is 0 Å². The number of imidazole rings is 5. The molecule has 0 aliphatic carbocycles. The van der Waals surface area contributed by atoms with Crippen molar-refractivity contribution in [2.75, 3.05) is 180 Å². The molecule has 44 heteroatoms. The third-order valence-corrected chi connectivity index (χ3v) is 25.4. The molecule has 0 N–H and O–H groups in total. The molecule has 5 fully saturated rings. The minimum atomic E-state index is -4.50. The molecule has 15 aromatic rings. The van der Waals surface area contributed by atoms with Crippen molar-refractivity contribution in [2.24, 2.45) is 35.2 Å². The summed E-state index contributed by atoms with van der Waals surface area (Å²) in [6.07, 6.45) is -9.49. The summed E-state index contributed by atoms with van der Waals surface area (Å²) in [7, 11) is 9.15. The van der Waals surface area contributed by atoms with Crippen LogP contribution in [0.25, 0.3) is 56.3 Å². The molecule has 0 atom stereocenters. The van der Waals surface area contributed by atoms with Gasteiger partial charge in [0.1, 0.15) is 29.6 Å². The molecule has 14 heterocycles. The van der Waals surface area contributed by atoms with Crippen LogP contribution in [0.4, 0.5) is 142 Å². The van der Waals surface area contributed by atoms with Crippen LogP contribution in [0.3, 0.4) is 0 Å². The van der Waals surface area contributed by atoms with E-state index < -0.39 is 70.4 Å². The van der Waals surface area contributed by atoms with Gasteiger partial charge in [0.15, 0.2) is 0 Å². The number of rotatable bonds is 15. The zero-order valence-electron chi connectivity index (χ0n) is 80.7. The molecule has 147 heavy (non-hydrogen) atoms. The van der Waals surface area contributed by atoms with Gasteiger partial charge in [-0.15, -0.1) is 0 Å². The van der Waals surface area contributed by atoms with Crippen LogP contribution in [0.2, 0.25) is 0 Å². The van der Waals surface area contributed by atoms with Crippen molar-refractivity contribution in [3.8, 4) is 56.3 Å². The summed E-state index contributed by atoms with van der Waals surface area (Å²) < 4.78 is 258. The van der Waals surface area contributed by atoms with Gasteiger partial charge < -0.3 is 71.8 Å². The molecule has 20 rings (SSSR count). The van der Waals surface area contributed by atoms with Crippen molar-refractivity contribution in [1.82, 2.24) is 72.7 Å². The molecule has 0 unspecified atom stereocenters. The second kappa shape index (κ2) is 43.9. The number of para-hydroxylation sites is 1. The number of alkyl halides is 18. The molecular weight excluding hydrogens is 1950 g/mol. The summed E-state index contributed by atoms with van der Waals surface area (Å²) in [5, 5.41) is 0. The van der Waals surface area contributed by atoms with Crippen molar-refractivity contribution >= 4 is 58.6 Å². The molecule has 0 saturated carbocycles. The van der Waals surface area contributed by atoms with Gasteiger partial charge in [0.05, 0.1) is 85.6 Å². The first-order chi connectivity index (χ1) is 69.9. The van der Waals surface area contributed by atoms with E-state index >= 15 is 0 Å². The number of nitrogens with zero attached hydrogens (tertiary/aromatic N) is 25. The highest BCUT2D eigenvalue weighted by molar-refractivity contribution is 5.68. The number of anilines is 10. The van der Waals surface area contributed by atoms with Crippen LogP contribution in [0, 0.1) is 19.7 Å². The lowest BCUT2D eigenvalue weighted by Crippen LogP contribution is -2.48. The van der Waals surface area contributed by atoms with Gasteiger partial charge in [0.25, 0.3) is 0 Å². The Balaban J connectivity index is 0.000000131. The van der Waals surface area contributed by atoms with E-state index in [1.165, 1.54) is 55.0 Å². The fourth-order valence-electron chi connectivity index (χ4n) is 17.8. The standard InChI is InChI=1S/C21H19F6N5.C21H20F4N4.2C21H22F3N5.C19H19F3N6/c1-30-13-17(14-4-2-5-15(12-14)20(22,23)24)29-19(30)32-10-8-31(9-11-32)18-16(21(25,26)27)6-3-7-28-18;1-27-14-18(15-5-4-6-16(13-15)21(23,24)25)26-20(27)29-11-9-28(10-12-29)19-8-3-2-7-17(19)22;1-15-5-3-8-19(25-15)28-9-11-29(12-10-28)20-26-18(14-27(20)2)16-6-4-7-17(13-16)21(22,23)24;1-15-6-7-19(25-13-15)28-8-10-29(11-9-28)20-26-18(14-27(20)2)16-4-3-5-17(12-16)21(22,23)24;1-26-12-17(14-3-2-4-15(9-14)19(20,21)22)25-18(26)28-7-5-27(6-8-28)16-10-23-13-24-11-16/h2-7,12-13H,8-11H2,1H3;2-8,13-14H,9-12H2,1H3;3-8,13-14H,9-12H2,1-2H3;3-7,12-14H,8-11H2,1-2H3;2-4,9-13H,5-8H2,1H3. The van der Waals surface area contributed by atoms with Crippen LogP contribution in [-0.4, -0.2) is 204 Å². The highest BCUT2D eigenvalue weighted by Crippen LogP contribution is 2.42. The van der Waals surface area contributed by atoms with E-state index in [0.717, 1.165) is 192 Å². The maximum atomic E-state index is 14.0. The number of piperazine rings is 5. The van der Waals surface area contributed by atoms with Gasteiger partial charge in [-0.05, 0) is 123 Å². The summed E-state index contributed by atoms with van der Waals surface area (Å²) in [5.41, 5.74) is 4.06. The van der Waals surface area contributed by atoms with E-state index in [9.17, 15) is 83.4 Å². The number of hydrogen-bond donors (Lipinski definition) is 0. The number of hydrogen-bond acceptors (Lipinski definition) is 20. The van der Waals surface area contributed by atoms with E-state index in [-0.39, 0.29) is 11.6 Å². The minimum absolute atomic E-state index is 0.107. The van der Waals surface area contributed by atoms with Gasteiger partial charge in [-0.2, -0.15) is 79.0 Å². The monoisotopic (exact) mass is 2050 g/mol. The minimum Gasteiger partial charge on any atom is -0.366 e. The van der Waals surface area contributed by atoms with Gasteiger partial charge >= 0.3 is 37.1 Å². The Hall–Kier alpha value is -15.4. The number of aromatic nitrogens is 15. The van der Waals surface area contributed by atoms with E-state index in [1.54, 1.807) is 102 Å². The first-order valence-corrected chi connectivity index (χ1v) is 46.8. The van der Waals surface area contributed by atoms with Crippen molar-refractivity contribution in [1.29, 1.82) is 0 Å². The Bertz CT molecular complexity index is 6950. The molecule has 5 aliphatic rings. The average Bonchev–Trinajstić information content (AvgIpc) is 1.73. The van der Waals surface area contributed by atoms with Crippen LogP contribution < -0.4 is 49.0 Å². The number of pyridine rings is 3. The Morgan fingerprint density at radius 2 is 0.565 bits per heavy atom. The van der Waals surface area contributed by atoms with Gasteiger partial charge in [-0.1, -0.05) is 84.9 Å². The second-order valence-electron chi connectivity index (χ2n) is 35.7. The van der Waals surface area contributed by atoms with Crippen LogP contribution in [0.5, 0.6) is 0 Å². The first kappa shape index (κ1) is 104. The maximum Gasteiger partial charge on any atom is 0.419 e. The van der Waals surface area contributed by atoms with Crippen LogP contribution in [-0.2, 0) is 72.3 Å². The van der Waals surface area contributed by atoms with Gasteiger partial charge in [-0.25, -0.2) is 54.2 Å². The van der Waals surface area contributed by atoms with Crippen LogP contribution >= 0.6 is 0 Å². The van der Waals surface area contributed by atoms with E-state index in [2.05, 4.69) is 90.2 Å². The number of aryl methyl sites for hydroxylation is 7. The van der Waals surface area contributed by atoms with Crippen molar-refractivity contribution < 1.29 is 83.4 Å². The molecule has 0 spiro atoms. The average molecular weight is 2050 g/mol. The third-order valence-electron chi connectivity index (χ3n) is 25.4. The Morgan fingerprint density at radius 1 is 0.259 bits per heavy atom.